The van der Waals surface area contributed by atoms with Gasteiger partial charge in [0.15, 0.2) is 17.5 Å². The molecule has 2 aromatic rings. The SMILES string of the molecule is O=C1CSC(CCc2ccccc2)N1Cc1cc(F)c(F)c(F)c1. The fraction of sp³-hybridized carbons (Fsp3) is 0.278. The first-order chi connectivity index (χ1) is 11.5. The van der Waals surface area contributed by atoms with Crippen molar-refractivity contribution in [3.05, 3.63) is 71.0 Å². The first-order valence-electron chi connectivity index (χ1n) is 7.63. The zero-order chi connectivity index (χ0) is 17.1. The summed E-state index contributed by atoms with van der Waals surface area (Å²) in [5, 5.41) is -0.0473. The van der Waals surface area contributed by atoms with Crippen molar-refractivity contribution in [1.82, 2.24) is 4.90 Å². The number of nitrogens with zero attached hydrogens (tertiary/aromatic N) is 1. The van der Waals surface area contributed by atoms with E-state index < -0.39 is 17.5 Å². The van der Waals surface area contributed by atoms with Gasteiger partial charge in [0.05, 0.1) is 11.1 Å². The van der Waals surface area contributed by atoms with E-state index in [4.69, 9.17) is 0 Å². The maximum atomic E-state index is 13.4. The van der Waals surface area contributed by atoms with Gasteiger partial charge in [-0.05, 0) is 36.1 Å². The molecule has 2 nitrogen and oxygen atoms in total. The molecule has 0 aromatic heterocycles. The molecule has 1 fully saturated rings. The predicted molar refractivity (Wildman–Crippen MR) is 87.9 cm³/mol. The molecule has 1 saturated heterocycles. The van der Waals surface area contributed by atoms with E-state index in [9.17, 15) is 18.0 Å². The summed E-state index contributed by atoms with van der Waals surface area (Å²) in [6.45, 7) is 0.0827. The second-order valence-electron chi connectivity index (χ2n) is 5.69. The van der Waals surface area contributed by atoms with Crippen molar-refractivity contribution in [2.75, 3.05) is 5.75 Å². The highest BCUT2D eigenvalue weighted by atomic mass is 32.2. The van der Waals surface area contributed by atoms with Crippen molar-refractivity contribution in [3.8, 4) is 0 Å². The molecule has 1 amide bonds. The van der Waals surface area contributed by atoms with Gasteiger partial charge in [0, 0.05) is 6.54 Å². The Morgan fingerprint density at radius 2 is 1.71 bits per heavy atom. The molecule has 0 radical (unpaired) electrons. The quantitative estimate of drug-likeness (QED) is 0.755. The van der Waals surface area contributed by atoms with Gasteiger partial charge in [0.1, 0.15) is 0 Å². The lowest BCUT2D eigenvalue weighted by atomic mass is 10.1. The van der Waals surface area contributed by atoms with Gasteiger partial charge < -0.3 is 4.90 Å². The van der Waals surface area contributed by atoms with Crippen LogP contribution in [0.1, 0.15) is 17.5 Å². The van der Waals surface area contributed by atoms with Gasteiger partial charge in [0.2, 0.25) is 5.91 Å². The Morgan fingerprint density at radius 1 is 1.04 bits per heavy atom. The number of hydrogen-bond acceptors (Lipinski definition) is 2. The molecular weight excluding hydrogens is 335 g/mol. The molecule has 0 saturated carbocycles. The number of benzene rings is 2. The largest absolute Gasteiger partial charge is 0.326 e. The summed E-state index contributed by atoms with van der Waals surface area (Å²) in [6, 6.07) is 11.8. The molecule has 6 heteroatoms. The first-order valence-corrected chi connectivity index (χ1v) is 8.68. The average molecular weight is 351 g/mol. The van der Waals surface area contributed by atoms with Gasteiger partial charge in [-0.1, -0.05) is 30.3 Å². The molecule has 0 N–H and O–H groups in total. The number of halogens is 3. The van der Waals surface area contributed by atoms with Crippen molar-refractivity contribution < 1.29 is 18.0 Å². The van der Waals surface area contributed by atoms with E-state index in [0.717, 1.165) is 25.0 Å². The number of rotatable bonds is 5. The lowest BCUT2D eigenvalue weighted by molar-refractivity contribution is -0.128. The molecule has 1 aliphatic rings. The van der Waals surface area contributed by atoms with Crippen LogP contribution in [-0.4, -0.2) is 21.9 Å². The van der Waals surface area contributed by atoms with Crippen LogP contribution in [0.5, 0.6) is 0 Å². The minimum absolute atomic E-state index is 0.0473. The number of amides is 1. The molecule has 0 spiro atoms. The molecule has 1 aliphatic heterocycles. The van der Waals surface area contributed by atoms with Crippen LogP contribution in [0.2, 0.25) is 0 Å². The third-order valence-electron chi connectivity index (χ3n) is 3.99. The molecule has 0 aliphatic carbocycles. The third-order valence-corrected chi connectivity index (χ3v) is 5.28. The molecule has 24 heavy (non-hydrogen) atoms. The van der Waals surface area contributed by atoms with Gasteiger partial charge in [-0.15, -0.1) is 11.8 Å². The standard InChI is InChI=1S/C18H16F3NOS/c19-14-8-13(9-15(20)18(14)21)10-22-16(23)11-24-17(22)7-6-12-4-2-1-3-5-12/h1-5,8-9,17H,6-7,10-11H2. The van der Waals surface area contributed by atoms with Crippen molar-refractivity contribution in [2.45, 2.75) is 24.8 Å². The monoisotopic (exact) mass is 351 g/mol. The van der Waals surface area contributed by atoms with Gasteiger partial charge in [-0.3, -0.25) is 4.79 Å². The van der Waals surface area contributed by atoms with E-state index in [0.29, 0.717) is 5.75 Å². The van der Waals surface area contributed by atoms with Crippen molar-refractivity contribution in [3.63, 3.8) is 0 Å². The Kier molecular flexibility index (Phi) is 5.14. The summed E-state index contributed by atoms with van der Waals surface area (Å²) in [7, 11) is 0. The number of hydrogen-bond donors (Lipinski definition) is 0. The normalized spacial score (nSPS) is 17.5. The fourth-order valence-corrected chi connectivity index (χ4v) is 3.92. The molecule has 3 rings (SSSR count). The van der Waals surface area contributed by atoms with Crippen LogP contribution in [0.15, 0.2) is 42.5 Å². The summed E-state index contributed by atoms with van der Waals surface area (Å²) in [5.74, 6) is -3.66. The molecule has 0 bridgehead atoms. The van der Waals surface area contributed by atoms with Crippen LogP contribution < -0.4 is 0 Å². The summed E-state index contributed by atoms with van der Waals surface area (Å²) in [4.78, 5) is 13.7. The maximum absolute atomic E-state index is 13.4. The minimum Gasteiger partial charge on any atom is -0.326 e. The summed E-state index contributed by atoms with van der Waals surface area (Å²) < 4.78 is 39.8. The molecule has 1 unspecified atom stereocenters. The fourth-order valence-electron chi connectivity index (χ4n) is 2.76. The Labute approximate surface area is 142 Å². The van der Waals surface area contributed by atoms with E-state index in [-0.39, 0.29) is 23.4 Å². The minimum atomic E-state index is -1.48. The second-order valence-corrected chi connectivity index (χ2v) is 6.85. The Morgan fingerprint density at radius 3 is 2.38 bits per heavy atom. The topological polar surface area (TPSA) is 20.3 Å². The molecule has 1 atom stereocenters. The van der Waals surface area contributed by atoms with Crippen LogP contribution >= 0.6 is 11.8 Å². The van der Waals surface area contributed by atoms with E-state index >= 15 is 0 Å². The van der Waals surface area contributed by atoms with Gasteiger partial charge in [-0.2, -0.15) is 0 Å². The number of thioether (sulfide) groups is 1. The van der Waals surface area contributed by atoms with Crippen LogP contribution in [0.3, 0.4) is 0 Å². The van der Waals surface area contributed by atoms with Crippen molar-refractivity contribution in [2.24, 2.45) is 0 Å². The third kappa shape index (κ3) is 3.75. The Balaban J connectivity index is 1.69. The van der Waals surface area contributed by atoms with E-state index in [1.807, 2.05) is 30.3 Å². The number of carbonyl (C=O) groups excluding carboxylic acids is 1. The number of carbonyl (C=O) groups is 1. The maximum Gasteiger partial charge on any atom is 0.233 e. The molecular formula is C18H16F3NOS. The lowest BCUT2D eigenvalue weighted by Gasteiger charge is -2.24. The lowest BCUT2D eigenvalue weighted by Crippen LogP contribution is -2.32. The first kappa shape index (κ1) is 16.9. The highest BCUT2D eigenvalue weighted by molar-refractivity contribution is 8.00. The smallest absolute Gasteiger partial charge is 0.233 e. The molecule has 2 aromatic carbocycles. The van der Waals surface area contributed by atoms with E-state index in [1.165, 1.54) is 17.3 Å². The highest BCUT2D eigenvalue weighted by Gasteiger charge is 2.31. The molecule has 126 valence electrons. The highest BCUT2D eigenvalue weighted by Crippen LogP contribution is 2.30. The van der Waals surface area contributed by atoms with Crippen LogP contribution in [-0.2, 0) is 17.8 Å². The zero-order valence-corrected chi connectivity index (χ0v) is 13.7. The Hall–Kier alpha value is -1.95. The zero-order valence-electron chi connectivity index (χ0n) is 12.8. The van der Waals surface area contributed by atoms with Crippen LogP contribution in [0.4, 0.5) is 13.2 Å². The van der Waals surface area contributed by atoms with Crippen molar-refractivity contribution in [1.29, 1.82) is 0 Å². The van der Waals surface area contributed by atoms with Gasteiger partial charge in [0.25, 0.3) is 0 Å². The molecule has 1 heterocycles. The summed E-state index contributed by atoms with van der Waals surface area (Å²) in [6.07, 6.45) is 1.57. The van der Waals surface area contributed by atoms with E-state index in [1.54, 1.807) is 4.90 Å². The average Bonchev–Trinajstić information content (AvgIpc) is 2.92. The summed E-state index contributed by atoms with van der Waals surface area (Å²) in [5.41, 5.74) is 1.43. The van der Waals surface area contributed by atoms with E-state index in [2.05, 4.69) is 0 Å². The number of aryl methyl sites for hydroxylation is 1. The Bertz CT molecular complexity index is 715. The summed E-state index contributed by atoms with van der Waals surface area (Å²) >= 11 is 1.52. The predicted octanol–water partition coefficient (Wildman–Crippen LogP) is 4.14. The van der Waals surface area contributed by atoms with Gasteiger partial charge >= 0.3 is 0 Å². The van der Waals surface area contributed by atoms with Gasteiger partial charge in [-0.25, -0.2) is 13.2 Å². The van der Waals surface area contributed by atoms with Crippen molar-refractivity contribution >= 4 is 17.7 Å². The van der Waals surface area contributed by atoms with Crippen LogP contribution in [0.25, 0.3) is 0 Å². The second kappa shape index (κ2) is 7.30. The van der Waals surface area contributed by atoms with Crippen LogP contribution in [0, 0.1) is 17.5 Å².